The topological polar surface area (TPSA) is 64.6 Å². The van der Waals surface area contributed by atoms with Crippen LogP contribution < -0.4 is 5.32 Å². The number of methoxy groups -OCH3 is 1. The van der Waals surface area contributed by atoms with Crippen LogP contribution in [0, 0.1) is 0 Å². The molecule has 0 unspecified atom stereocenters. The fraction of sp³-hybridized carbons (Fsp3) is 0.273. The lowest BCUT2D eigenvalue weighted by atomic mass is 10.0. The summed E-state index contributed by atoms with van der Waals surface area (Å²) in [7, 11) is 1.27. The molecule has 0 aromatic heterocycles. The summed E-state index contributed by atoms with van der Waals surface area (Å²) in [4.78, 5) is 22.4. The first-order valence-electron chi connectivity index (χ1n) is 4.88. The van der Waals surface area contributed by atoms with E-state index in [9.17, 15) is 9.59 Å². The van der Waals surface area contributed by atoms with Crippen molar-refractivity contribution in [2.75, 3.05) is 7.11 Å². The van der Waals surface area contributed by atoms with Gasteiger partial charge in [-0.1, -0.05) is 30.3 Å². The molecule has 1 atom stereocenters. The van der Waals surface area contributed by atoms with Gasteiger partial charge in [-0.2, -0.15) is 0 Å². The standard InChI is InChI=1S/C11H12INO4/c1-16-11(15)13-9(7-10(14)17-12)8-5-3-2-4-6-8/h2-6,9H,7H2,1H3,(H,13,15)/t9-/m1/s1. The lowest BCUT2D eigenvalue weighted by Gasteiger charge is -2.16. The van der Waals surface area contributed by atoms with Crippen LogP contribution in [0.25, 0.3) is 0 Å². The number of halogens is 1. The maximum absolute atomic E-state index is 11.2. The number of ether oxygens (including phenoxy) is 1. The Morgan fingerprint density at radius 3 is 2.53 bits per heavy atom. The molecule has 0 aliphatic carbocycles. The first kappa shape index (κ1) is 13.8. The highest BCUT2D eigenvalue weighted by atomic mass is 127. The second kappa shape index (κ2) is 7.10. The molecule has 92 valence electrons. The third-order valence-corrected chi connectivity index (χ3v) is 2.63. The van der Waals surface area contributed by atoms with Crippen LogP contribution in [0.15, 0.2) is 30.3 Å². The number of carbonyl (C=O) groups is 2. The molecule has 0 aliphatic heterocycles. The van der Waals surface area contributed by atoms with Crippen molar-refractivity contribution in [1.82, 2.24) is 5.32 Å². The Balaban J connectivity index is 2.79. The number of hydrogen-bond donors (Lipinski definition) is 1. The summed E-state index contributed by atoms with van der Waals surface area (Å²) in [5.74, 6) is -0.407. The van der Waals surface area contributed by atoms with Crippen LogP contribution in [0.5, 0.6) is 0 Å². The predicted molar refractivity (Wildman–Crippen MR) is 69.5 cm³/mol. The Labute approximate surface area is 113 Å². The molecule has 5 nitrogen and oxygen atoms in total. The van der Waals surface area contributed by atoms with Gasteiger partial charge in [0.2, 0.25) is 0 Å². The molecule has 17 heavy (non-hydrogen) atoms. The monoisotopic (exact) mass is 349 g/mol. The molecule has 1 N–H and O–H groups in total. The molecule has 0 fully saturated rings. The van der Waals surface area contributed by atoms with Crippen molar-refractivity contribution in [1.29, 1.82) is 0 Å². The highest BCUT2D eigenvalue weighted by Crippen LogP contribution is 2.17. The highest BCUT2D eigenvalue weighted by Gasteiger charge is 2.19. The Morgan fingerprint density at radius 1 is 1.35 bits per heavy atom. The van der Waals surface area contributed by atoms with Gasteiger partial charge in [0, 0.05) is 0 Å². The van der Waals surface area contributed by atoms with Gasteiger partial charge in [-0.15, -0.1) is 0 Å². The van der Waals surface area contributed by atoms with E-state index in [1.54, 1.807) is 0 Å². The molecule has 1 amide bonds. The largest absolute Gasteiger partial charge is 0.453 e. The van der Waals surface area contributed by atoms with Gasteiger partial charge >= 0.3 is 12.1 Å². The van der Waals surface area contributed by atoms with Gasteiger partial charge in [-0.25, -0.2) is 4.79 Å². The van der Waals surface area contributed by atoms with Crippen LogP contribution in [0.2, 0.25) is 0 Å². The maximum Gasteiger partial charge on any atom is 0.407 e. The molecule has 0 bridgehead atoms. The molecule has 0 aliphatic rings. The third-order valence-electron chi connectivity index (χ3n) is 2.14. The molecule has 1 rings (SSSR count). The smallest absolute Gasteiger partial charge is 0.407 e. The Kier molecular flexibility index (Phi) is 5.75. The molecular weight excluding hydrogens is 337 g/mol. The lowest BCUT2D eigenvalue weighted by Crippen LogP contribution is -2.30. The lowest BCUT2D eigenvalue weighted by molar-refractivity contribution is -0.131. The van der Waals surface area contributed by atoms with E-state index < -0.39 is 18.1 Å². The van der Waals surface area contributed by atoms with Gasteiger partial charge in [0.25, 0.3) is 0 Å². The third kappa shape index (κ3) is 4.59. The first-order valence-corrected chi connectivity index (χ1v) is 5.76. The van der Waals surface area contributed by atoms with E-state index in [-0.39, 0.29) is 6.42 Å². The fourth-order valence-corrected chi connectivity index (χ4v) is 1.52. The van der Waals surface area contributed by atoms with Gasteiger partial charge in [0.15, 0.2) is 23.0 Å². The second-order valence-corrected chi connectivity index (χ2v) is 3.69. The number of hydrogen-bond acceptors (Lipinski definition) is 4. The number of nitrogens with one attached hydrogen (secondary N) is 1. The zero-order valence-electron chi connectivity index (χ0n) is 9.18. The number of rotatable bonds is 4. The number of alkyl carbamates (subject to hydrolysis) is 1. The van der Waals surface area contributed by atoms with Crippen molar-refractivity contribution in [3.63, 3.8) is 0 Å². The average molecular weight is 349 g/mol. The molecule has 0 spiro atoms. The summed E-state index contributed by atoms with van der Waals surface area (Å²) in [6.07, 6.45) is -0.526. The van der Waals surface area contributed by atoms with Crippen LogP contribution >= 0.6 is 23.0 Å². The number of amides is 1. The minimum atomic E-state index is -0.583. The molecule has 6 heteroatoms. The van der Waals surface area contributed by atoms with Gasteiger partial charge < -0.3 is 13.1 Å². The zero-order valence-corrected chi connectivity index (χ0v) is 11.3. The van der Waals surface area contributed by atoms with E-state index in [1.165, 1.54) is 30.1 Å². The van der Waals surface area contributed by atoms with Crippen LogP contribution in [-0.2, 0) is 12.6 Å². The van der Waals surface area contributed by atoms with Crippen LogP contribution in [0.1, 0.15) is 18.0 Å². The summed E-state index contributed by atoms with van der Waals surface area (Å²) in [6, 6.07) is 8.70. The summed E-state index contributed by atoms with van der Waals surface area (Å²) in [5, 5.41) is 2.58. The van der Waals surface area contributed by atoms with Crippen LogP contribution in [-0.4, -0.2) is 19.2 Å². The van der Waals surface area contributed by atoms with Crippen molar-refractivity contribution in [3.8, 4) is 0 Å². The normalized spacial score (nSPS) is 11.4. The maximum atomic E-state index is 11.2. The Morgan fingerprint density at radius 2 is 2.00 bits per heavy atom. The summed E-state index contributed by atoms with van der Waals surface area (Å²) in [6.45, 7) is 0. The van der Waals surface area contributed by atoms with E-state index in [1.807, 2.05) is 30.3 Å². The second-order valence-electron chi connectivity index (χ2n) is 3.25. The Bertz CT molecular complexity index is 364. The van der Waals surface area contributed by atoms with Gasteiger partial charge in [-0.05, 0) is 5.56 Å². The molecule has 1 aromatic rings. The predicted octanol–water partition coefficient (Wildman–Crippen LogP) is 2.37. The number of benzene rings is 1. The van der Waals surface area contributed by atoms with E-state index in [0.29, 0.717) is 0 Å². The summed E-state index contributed by atoms with van der Waals surface area (Å²) >= 11 is 1.52. The van der Waals surface area contributed by atoms with Crippen molar-refractivity contribution < 1.29 is 17.4 Å². The summed E-state index contributed by atoms with van der Waals surface area (Å²) < 4.78 is 9.07. The van der Waals surface area contributed by atoms with E-state index >= 15 is 0 Å². The van der Waals surface area contributed by atoms with Crippen molar-refractivity contribution in [2.45, 2.75) is 12.5 Å². The highest BCUT2D eigenvalue weighted by molar-refractivity contribution is 14.1. The van der Waals surface area contributed by atoms with Gasteiger partial charge in [0.1, 0.15) is 0 Å². The average Bonchev–Trinajstić information content (AvgIpc) is 2.38. The van der Waals surface area contributed by atoms with Crippen LogP contribution in [0.4, 0.5) is 4.79 Å². The van der Waals surface area contributed by atoms with Crippen molar-refractivity contribution in [3.05, 3.63) is 35.9 Å². The fourth-order valence-electron chi connectivity index (χ4n) is 1.34. The van der Waals surface area contributed by atoms with Crippen molar-refractivity contribution in [2.24, 2.45) is 0 Å². The minimum Gasteiger partial charge on any atom is -0.453 e. The Hall–Kier alpha value is -1.31. The van der Waals surface area contributed by atoms with E-state index in [4.69, 9.17) is 0 Å². The van der Waals surface area contributed by atoms with E-state index in [0.717, 1.165) is 5.56 Å². The SMILES string of the molecule is COC(=O)N[C@H](CC(=O)OI)c1ccccc1. The minimum absolute atomic E-state index is 0.0576. The quantitative estimate of drug-likeness (QED) is 0.848. The summed E-state index contributed by atoms with van der Waals surface area (Å²) in [5.41, 5.74) is 0.819. The molecule has 0 saturated carbocycles. The molecule has 0 saturated heterocycles. The van der Waals surface area contributed by atoms with Gasteiger partial charge in [0.05, 0.1) is 19.6 Å². The first-order chi connectivity index (χ1) is 8.17. The van der Waals surface area contributed by atoms with Crippen molar-refractivity contribution >= 4 is 35.1 Å². The molecule has 0 radical (unpaired) electrons. The number of carbonyl (C=O) groups excluding carboxylic acids is 2. The van der Waals surface area contributed by atoms with Crippen LogP contribution in [0.3, 0.4) is 0 Å². The molecular formula is C11H12INO4. The van der Waals surface area contributed by atoms with E-state index in [2.05, 4.69) is 13.1 Å². The molecule has 0 heterocycles. The zero-order chi connectivity index (χ0) is 12.7. The van der Waals surface area contributed by atoms with Gasteiger partial charge in [-0.3, -0.25) is 4.79 Å². The molecule has 1 aromatic carbocycles.